The van der Waals surface area contributed by atoms with Crippen LogP contribution in [0.25, 0.3) is 0 Å². The summed E-state index contributed by atoms with van der Waals surface area (Å²) in [6, 6.07) is 0. The lowest BCUT2D eigenvalue weighted by molar-refractivity contribution is 0.00596. The summed E-state index contributed by atoms with van der Waals surface area (Å²) >= 11 is 6.25. The third kappa shape index (κ3) is 3.87. The summed E-state index contributed by atoms with van der Waals surface area (Å²) in [5.74, 6) is 2.50. The Morgan fingerprint density at radius 3 is 2.17 bits per heavy atom. The van der Waals surface area contributed by atoms with Crippen LogP contribution in [0, 0.1) is 22.7 Å². The summed E-state index contributed by atoms with van der Waals surface area (Å²) < 4.78 is 5.93. The molecule has 2 aliphatic carbocycles. The van der Waals surface area contributed by atoms with E-state index in [-0.39, 0.29) is 5.41 Å². The average Bonchev–Trinajstić information content (AvgIpc) is 3.12. The molecule has 0 radical (unpaired) electrons. The van der Waals surface area contributed by atoms with E-state index in [1.165, 1.54) is 38.5 Å². The second kappa shape index (κ2) is 5.71. The van der Waals surface area contributed by atoms with Gasteiger partial charge >= 0.3 is 0 Å². The molecule has 0 spiro atoms. The Morgan fingerprint density at radius 2 is 1.72 bits per heavy atom. The fourth-order valence-electron chi connectivity index (χ4n) is 3.14. The van der Waals surface area contributed by atoms with Crippen molar-refractivity contribution in [2.75, 3.05) is 19.1 Å². The first-order chi connectivity index (χ1) is 8.45. The fraction of sp³-hybridized carbons (Fsp3) is 1.00. The van der Waals surface area contributed by atoms with E-state index in [1.807, 2.05) is 0 Å². The second-order valence-corrected chi connectivity index (χ2v) is 8.00. The Balaban J connectivity index is 1.78. The van der Waals surface area contributed by atoms with Gasteiger partial charge < -0.3 is 4.74 Å². The molecule has 0 amide bonds. The van der Waals surface area contributed by atoms with E-state index in [4.69, 9.17) is 16.3 Å². The van der Waals surface area contributed by atoms with Crippen LogP contribution < -0.4 is 0 Å². The van der Waals surface area contributed by atoms with Crippen molar-refractivity contribution in [3.63, 3.8) is 0 Å². The van der Waals surface area contributed by atoms with Crippen molar-refractivity contribution in [1.29, 1.82) is 0 Å². The monoisotopic (exact) mass is 272 g/mol. The molecule has 0 N–H and O–H groups in total. The molecule has 18 heavy (non-hydrogen) atoms. The van der Waals surface area contributed by atoms with Crippen molar-refractivity contribution in [2.45, 2.75) is 59.3 Å². The maximum absolute atomic E-state index is 6.25. The summed E-state index contributed by atoms with van der Waals surface area (Å²) in [6.45, 7) is 8.98. The molecule has 0 saturated heterocycles. The number of hydrogen-bond donors (Lipinski definition) is 0. The van der Waals surface area contributed by atoms with Gasteiger partial charge in [-0.05, 0) is 55.8 Å². The molecule has 2 saturated carbocycles. The molecule has 0 atom stereocenters. The summed E-state index contributed by atoms with van der Waals surface area (Å²) in [5, 5.41) is 0. The quantitative estimate of drug-likeness (QED) is 0.649. The number of halogens is 1. The molecule has 0 aromatic heterocycles. The summed E-state index contributed by atoms with van der Waals surface area (Å²) in [6.07, 6.45) is 7.90. The van der Waals surface area contributed by atoms with E-state index in [0.29, 0.717) is 5.41 Å². The largest absolute Gasteiger partial charge is 0.381 e. The van der Waals surface area contributed by atoms with Crippen molar-refractivity contribution < 1.29 is 4.74 Å². The highest BCUT2D eigenvalue weighted by Crippen LogP contribution is 2.46. The molecule has 0 aromatic rings. The van der Waals surface area contributed by atoms with Crippen molar-refractivity contribution in [3.05, 3.63) is 0 Å². The van der Waals surface area contributed by atoms with Gasteiger partial charge in [0.05, 0.1) is 6.61 Å². The van der Waals surface area contributed by atoms with Crippen LogP contribution >= 0.6 is 11.6 Å². The molecule has 106 valence electrons. The standard InChI is InChI=1S/C16H29ClO/c1-15(2,3)14-6-8-16(11-17,9-7-14)12-18-10-13-4-5-13/h13-14H,4-12H2,1-3H3. The van der Waals surface area contributed by atoms with Gasteiger partial charge in [0.15, 0.2) is 0 Å². The number of ether oxygens (including phenoxy) is 1. The highest BCUT2D eigenvalue weighted by Gasteiger charge is 2.38. The van der Waals surface area contributed by atoms with Gasteiger partial charge in [0.25, 0.3) is 0 Å². The van der Waals surface area contributed by atoms with E-state index >= 15 is 0 Å². The molecule has 2 heteroatoms. The Labute approximate surface area is 118 Å². The minimum absolute atomic E-state index is 0.276. The first kappa shape index (κ1) is 14.7. The molecular formula is C16H29ClO. The predicted octanol–water partition coefficient (Wildman–Crippen LogP) is 4.87. The van der Waals surface area contributed by atoms with Crippen LogP contribution in [-0.4, -0.2) is 19.1 Å². The van der Waals surface area contributed by atoms with Crippen LogP contribution in [0.5, 0.6) is 0 Å². The van der Waals surface area contributed by atoms with Gasteiger partial charge in [-0.25, -0.2) is 0 Å². The molecule has 0 unspecified atom stereocenters. The van der Waals surface area contributed by atoms with E-state index in [1.54, 1.807) is 0 Å². The Hall–Kier alpha value is 0.250. The van der Waals surface area contributed by atoms with Crippen molar-refractivity contribution in [3.8, 4) is 0 Å². The van der Waals surface area contributed by atoms with E-state index < -0.39 is 0 Å². The molecule has 2 aliphatic rings. The topological polar surface area (TPSA) is 9.23 Å². The maximum atomic E-state index is 6.25. The molecular weight excluding hydrogens is 244 g/mol. The minimum atomic E-state index is 0.276. The van der Waals surface area contributed by atoms with Gasteiger partial charge in [-0.1, -0.05) is 20.8 Å². The van der Waals surface area contributed by atoms with Crippen LogP contribution in [0.15, 0.2) is 0 Å². The lowest BCUT2D eigenvalue weighted by Crippen LogP contribution is -2.37. The molecule has 2 rings (SSSR count). The zero-order valence-electron chi connectivity index (χ0n) is 12.3. The lowest BCUT2D eigenvalue weighted by atomic mass is 9.65. The van der Waals surface area contributed by atoms with Gasteiger partial charge in [0.1, 0.15) is 0 Å². The lowest BCUT2D eigenvalue weighted by Gasteiger charge is -2.43. The Kier molecular flexibility index (Phi) is 4.65. The zero-order chi connectivity index (χ0) is 13.2. The number of alkyl halides is 1. The first-order valence-electron chi connectivity index (χ1n) is 7.59. The smallest absolute Gasteiger partial charge is 0.0533 e. The van der Waals surface area contributed by atoms with Crippen molar-refractivity contribution in [1.82, 2.24) is 0 Å². The highest BCUT2D eigenvalue weighted by molar-refractivity contribution is 6.18. The van der Waals surface area contributed by atoms with Crippen LogP contribution in [0.3, 0.4) is 0 Å². The number of hydrogen-bond acceptors (Lipinski definition) is 1. The molecule has 0 aliphatic heterocycles. The normalized spacial score (nSPS) is 33.7. The highest BCUT2D eigenvalue weighted by atomic mass is 35.5. The van der Waals surface area contributed by atoms with Crippen molar-refractivity contribution in [2.24, 2.45) is 22.7 Å². The third-order valence-electron chi connectivity index (χ3n) is 5.01. The minimum Gasteiger partial charge on any atom is -0.381 e. The van der Waals surface area contributed by atoms with Gasteiger partial charge in [-0.2, -0.15) is 0 Å². The molecule has 2 fully saturated rings. The van der Waals surface area contributed by atoms with Gasteiger partial charge in [0, 0.05) is 17.9 Å². The average molecular weight is 273 g/mol. The second-order valence-electron chi connectivity index (χ2n) is 7.73. The molecule has 0 bridgehead atoms. The predicted molar refractivity (Wildman–Crippen MR) is 78.1 cm³/mol. The summed E-state index contributed by atoms with van der Waals surface area (Å²) in [7, 11) is 0. The molecule has 0 heterocycles. The zero-order valence-corrected chi connectivity index (χ0v) is 13.1. The van der Waals surface area contributed by atoms with Crippen LogP contribution in [0.4, 0.5) is 0 Å². The summed E-state index contributed by atoms with van der Waals surface area (Å²) in [4.78, 5) is 0. The SMILES string of the molecule is CC(C)(C)C1CCC(CCl)(COCC2CC2)CC1. The van der Waals surface area contributed by atoms with E-state index in [2.05, 4.69) is 20.8 Å². The third-order valence-corrected chi connectivity index (χ3v) is 5.58. The maximum Gasteiger partial charge on any atom is 0.0533 e. The van der Waals surface area contributed by atoms with E-state index in [0.717, 1.165) is 30.9 Å². The fourth-order valence-corrected chi connectivity index (χ4v) is 3.48. The van der Waals surface area contributed by atoms with Gasteiger partial charge in [-0.15, -0.1) is 11.6 Å². The summed E-state index contributed by atoms with van der Waals surface area (Å²) in [5.41, 5.74) is 0.728. The van der Waals surface area contributed by atoms with Crippen LogP contribution in [0.1, 0.15) is 59.3 Å². The Morgan fingerprint density at radius 1 is 1.11 bits per heavy atom. The molecule has 1 nitrogen and oxygen atoms in total. The van der Waals surface area contributed by atoms with Gasteiger partial charge in [-0.3, -0.25) is 0 Å². The van der Waals surface area contributed by atoms with Crippen LogP contribution in [-0.2, 0) is 4.74 Å². The molecule has 0 aromatic carbocycles. The first-order valence-corrected chi connectivity index (χ1v) is 8.12. The number of rotatable bonds is 5. The Bertz CT molecular complexity index is 257. The van der Waals surface area contributed by atoms with Crippen molar-refractivity contribution >= 4 is 11.6 Å². The van der Waals surface area contributed by atoms with E-state index in [9.17, 15) is 0 Å². The van der Waals surface area contributed by atoms with Gasteiger partial charge in [0.2, 0.25) is 0 Å². The van der Waals surface area contributed by atoms with Crippen LogP contribution in [0.2, 0.25) is 0 Å².